The van der Waals surface area contributed by atoms with E-state index in [1.54, 1.807) is 27.3 Å². The van der Waals surface area contributed by atoms with Crippen molar-refractivity contribution in [2.75, 3.05) is 12.1 Å². The summed E-state index contributed by atoms with van der Waals surface area (Å²) in [6, 6.07) is 7.11. The van der Waals surface area contributed by atoms with Crippen LogP contribution >= 0.6 is 0 Å². The van der Waals surface area contributed by atoms with Crippen molar-refractivity contribution >= 4 is 22.6 Å². The normalized spacial score (nSPS) is 14.6. The van der Waals surface area contributed by atoms with E-state index < -0.39 is 0 Å². The van der Waals surface area contributed by atoms with Gasteiger partial charge in [-0.25, -0.2) is 4.98 Å². The Hall–Kier alpha value is -3.29. The molecule has 3 aromatic rings. The van der Waals surface area contributed by atoms with E-state index in [0.717, 1.165) is 24.4 Å². The molecule has 0 spiro atoms. The first kappa shape index (κ1) is 15.9. The average Bonchev–Trinajstić information content (AvgIpc) is 3.34. The third kappa shape index (κ3) is 2.56. The van der Waals surface area contributed by atoms with Gasteiger partial charge < -0.3 is 19.4 Å². The highest BCUT2D eigenvalue weighted by Crippen LogP contribution is 2.34. The molecule has 2 aliphatic heterocycles. The van der Waals surface area contributed by atoms with Crippen molar-refractivity contribution in [3.05, 3.63) is 46.1 Å². The predicted molar refractivity (Wildman–Crippen MR) is 98.2 cm³/mol. The van der Waals surface area contributed by atoms with Crippen LogP contribution < -0.4 is 20.3 Å². The van der Waals surface area contributed by atoms with Gasteiger partial charge in [-0.15, -0.1) is 0 Å². The molecular formula is C19H18N4O4. The molecule has 0 unspecified atom stereocenters. The number of aromatic nitrogens is 3. The van der Waals surface area contributed by atoms with E-state index in [4.69, 9.17) is 9.47 Å². The zero-order valence-corrected chi connectivity index (χ0v) is 14.8. The largest absolute Gasteiger partial charge is 0.454 e. The number of rotatable bonds is 3. The van der Waals surface area contributed by atoms with Crippen LogP contribution in [0.25, 0.3) is 11.0 Å². The lowest BCUT2D eigenvalue weighted by Gasteiger charge is -2.10. The Morgan fingerprint density at radius 3 is 3.00 bits per heavy atom. The summed E-state index contributed by atoms with van der Waals surface area (Å²) < 4.78 is 14.1. The Morgan fingerprint density at radius 2 is 2.11 bits per heavy atom. The smallest absolute Gasteiger partial charge is 0.278 e. The minimum absolute atomic E-state index is 0.0417. The molecule has 2 aromatic heterocycles. The molecule has 1 aromatic carbocycles. The van der Waals surface area contributed by atoms with Gasteiger partial charge in [0, 0.05) is 30.4 Å². The van der Waals surface area contributed by atoms with Gasteiger partial charge in [0.25, 0.3) is 5.56 Å². The maximum atomic E-state index is 12.9. The molecule has 138 valence electrons. The van der Waals surface area contributed by atoms with Gasteiger partial charge in [0.1, 0.15) is 17.9 Å². The summed E-state index contributed by atoms with van der Waals surface area (Å²) in [7, 11) is 0. The summed E-state index contributed by atoms with van der Waals surface area (Å²) in [5.41, 5.74) is 2.52. The summed E-state index contributed by atoms with van der Waals surface area (Å²) in [5.74, 6) is 1.87. The fourth-order valence-electron chi connectivity index (χ4n) is 3.75. The van der Waals surface area contributed by atoms with Crippen molar-refractivity contribution in [2.24, 2.45) is 0 Å². The van der Waals surface area contributed by atoms with Crippen LogP contribution in [0.3, 0.4) is 0 Å². The van der Waals surface area contributed by atoms with E-state index in [1.165, 1.54) is 0 Å². The van der Waals surface area contributed by atoms with Crippen LogP contribution in [0.4, 0.5) is 5.69 Å². The van der Waals surface area contributed by atoms with Gasteiger partial charge in [-0.1, -0.05) is 0 Å². The van der Waals surface area contributed by atoms with Gasteiger partial charge in [-0.05, 0) is 31.5 Å². The lowest BCUT2D eigenvalue weighted by molar-refractivity contribution is -0.116. The van der Waals surface area contributed by atoms with Crippen LogP contribution in [0.2, 0.25) is 0 Å². The van der Waals surface area contributed by atoms with Crippen molar-refractivity contribution in [2.45, 2.75) is 32.9 Å². The summed E-state index contributed by atoms with van der Waals surface area (Å²) in [5, 5.41) is 2.85. The second kappa shape index (κ2) is 5.87. The second-order valence-electron chi connectivity index (χ2n) is 6.81. The second-order valence-corrected chi connectivity index (χ2v) is 6.81. The Balaban J connectivity index is 1.45. The number of hydrogen-bond donors (Lipinski definition) is 1. The molecule has 4 heterocycles. The fourth-order valence-corrected chi connectivity index (χ4v) is 3.75. The first-order chi connectivity index (χ1) is 13.1. The molecule has 8 nitrogen and oxygen atoms in total. The van der Waals surface area contributed by atoms with Crippen molar-refractivity contribution in [1.29, 1.82) is 0 Å². The van der Waals surface area contributed by atoms with Gasteiger partial charge in [-0.2, -0.15) is 0 Å². The van der Waals surface area contributed by atoms with Crippen LogP contribution in [0.1, 0.15) is 17.9 Å². The van der Waals surface area contributed by atoms with Crippen molar-refractivity contribution in [3.63, 3.8) is 0 Å². The third-order valence-electron chi connectivity index (χ3n) is 5.03. The number of carbonyl (C=O) groups is 1. The molecule has 0 bridgehead atoms. The number of fused-ring (bicyclic) bond motifs is 3. The number of aryl methyl sites for hydroxylation is 2. The number of anilines is 1. The fraction of sp³-hybridized carbons (Fsp3) is 0.316. The SMILES string of the molecule is Cc1cc2nc3n(c(=O)c2n1CC(=O)Nc1ccc2c(c1)OCO2)CCC3. The molecule has 0 radical (unpaired) electrons. The topological polar surface area (TPSA) is 87.4 Å². The number of hydrogen-bond acceptors (Lipinski definition) is 5. The monoisotopic (exact) mass is 366 g/mol. The zero-order valence-electron chi connectivity index (χ0n) is 14.8. The Labute approximate surface area is 154 Å². The lowest BCUT2D eigenvalue weighted by Crippen LogP contribution is -2.26. The Morgan fingerprint density at radius 1 is 1.26 bits per heavy atom. The number of amides is 1. The van der Waals surface area contributed by atoms with Crippen LogP contribution in [-0.4, -0.2) is 26.8 Å². The summed E-state index contributed by atoms with van der Waals surface area (Å²) in [6.45, 7) is 2.79. The summed E-state index contributed by atoms with van der Waals surface area (Å²) >= 11 is 0. The van der Waals surface area contributed by atoms with E-state index in [0.29, 0.717) is 34.8 Å². The molecule has 0 fully saturated rings. The molecule has 0 saturated heterocycles. The van der Waals surface area contributed by atoms with E-state index in [-0.39, 0.29) is 24.8 Å². The first-order valence-corrected chi connectivity index (χ1v) is 8.89. The van der Waals surface area contributed by atoms with E-state index in [9.17, 15) is 9.59 Å². The quantitative estimate of drug-likeness (QED) is 0.764. The number of ether oxygens (including phenoxy) is 2. The summed E-state index contributed by atoms with van der Waals surface area (Å²) in [6.07, 6.45) is 1.75. The van der Waals surface area contributed by atoms with Gasteiger partial charge >= 0.3 is 0 Å². The minimum Gasteiger partial charge on any atom is -0.454 e. The zero-order chi connectivity index (χ0) is 18.5. The standard InChI is InChI=1S/C19H18N4O4/c1-11-7-13-18(19(25)22-6-2-3-16(22)21-13)23(11)9-17(24)20-12-4-5-14-15(8-12)27-10-26-14/h4-5,7-8H,2-3,6,9-10H2,1H3,(H,20,24). The molecular weight excluding hydrogens is 348 g/mol. The molecule has 0 aliphatic carbocycles. The number of nitrogens with one attached hydrogen (secondary N) is 1. The number of carbonyl (C=O) groups excluding carboxylic acids is 1. The summed E-state index contributed by atoms with van der Waals surface area (Å²) in [4.78, 5) is 30.1. The maximum Gasteiger partial charge on any atom is 0.278 e. The van der Waals surface area contributed by atoms with Crippen LogP contribution in [-0.2, 0) is 24.3 Å². The van der Waals surface area contributed by atoms with Gasteiger partial charge in [0.15, 0.2) is 11.5 Å². The van der Waals surface area contributed by atoms with Crippen molar-refractivity contribution in [3.8, 4) is 11.5 Å². The van der Waals surface area contributed by atoms with Crippen LogP contribution in [0, 0.1) is 6.92 Å². The molecule has 5 rings (SSSR count). The highest BCUT2D eigenvalue weighted by atomic mass is 16.7. The number of benzene rings is 1. The highest BCUT2D eigenvalue weighted by Gasteiger charge is 2.21. The van der Waals surface area contributed by atoms with Gasteiger partial charge in [0.2, 0.25) is 12.7 Å². The van der Waals surface area contributed by atoms with Crippen molar-refractivity contribution < 1.29 is 14.3 Å². The molecule has 1 N–H and O–H groups in total. The molecule has 0 atom stereocenters. The van der Waals surface area contributed by atoms with Crippen LogP contribution in [0.15, 0.2) is 29.1 Å². The first-order valence-electron chi connectivity index (χ1n) is 8.89. The maximum absolute atomic E-state index is 12.9. The molecule has 0 saturated carbocycles. The molecule has 8 heteroatoms. The Bertz CT molecular complexity index is 1140. The van der Waals surface area contributed by atoms with Crippen LogP contribution in [0.5, 0.6) is 11.5 Å². The van der Waals surface area contributed by atoms with E-state index in [1.807, 2.05) is 13.0 Å². The number of nitrogens with zero attached hydrogens (tertiary/aromatic N) is 3. The third-order valence-corrected chi connectivity index (χ3v) is 5.03. The van der Waals surface area contributed by atoms with Gasteiger partial charge in [-0.3, -0.25) is 14.2 Å². The highest BCUT2D eigenvalue weighted by molar-refractivity contribution is 5.92. The van der Waals surface area contributed by atoms with Gasteiger partial charge in [0.05, 0.1) is 5.52 Å². The lowest BCUT2D eigenvalue weighted by atomic mass is 10.2. The predicted octanol–water partition coefficient (Wildman–Crippen LogP) is 1.82. The molecule has 2 aliphatic rings. The van der Waals surface area contributed by atoms with E-state index in [2.05, 4.69) is 10.3 Å². The minimum atomic E-state index is -0.223. The van der Waals surface area contributed by atoms with E-state index >= 15 is 0 Å². The van der Waals surface area contributed by atoms with Crippen molar-refractivity contribution in [1.82, 2.24) is 14.1 Å². The Kier molecular flexibility index (Phi) is 3.46. The average molecular weight is 366 g/mol. The molecule has 27 heavy (non-hydrogen) atoms. The molecule has 1 amide bonds.